The first-order valence-electron chi connectivity index (χ1n) is 7.53. The number of rotatable bonds is 7. The molecule has 1 saturated heterocycles. The van der Waals surface area contributed by atoms with Gasteiger partial charge in [0.15, 0.2) is 6.61 Å². The van der Waals surface area contributed by atoms with Gasteiger partial charge in [-0.15, -0.1) is 0 Å². The van der Waals surface area contributed by atoms with Crippen molar-refractivity contribution in [3.8, 4) is 0 Å². The number of hydrogen-bond acceptors (Lipinski definition) is 6. The molecule has 25 heavy (non-hydrogen) atoms. The monoisotopic (exact) mass is 388 g/mol. The summed E-state index contributed by atoms with van der Waals surface area (Å²) in [5, 5.41) is 0.275. The van der Waals surface area contributed by atoms with Gasteiger partial charge >= 0.3 is 5.97 Å². The Balaban J connectivity index is 1.75. The molecule has 0 aromatic heterocycles. The summed E-state index contributed by atoms with van der Waals surface area (Å²) in [6.45, 7) is -0.398. The molecule has 0 unspecified atom stereocenters. The first-order chi connectivity index (χ1) is 11.8. The highest BCUT2D eigenvalue weighted by Gasteiger charge is 2.27. The van der Waals surface area contributed by atoms with Crippen LogP contribution in [0, 0.1) is 0 Å². The van der Waals surface area contributed by atoms with Gasteiger partial charge in [-0.1, -0.05) is 17.7 Å². The Bertz CT molecular complexity index is 780. The van der Waals surface area contributed by atoms with Crippen LogP contribution in [-0.2, 0) is 29.1 Å². The van der Waals surface area contributed by atoms with Gasteiger partial charge in [0.25, 0.3) is 5.91 Å². The Morgan fingerprint density at radius 2 is 2.08 bits per heavy atom. The minimum absolute atomic E-state index is 0.0175. The number of ether oxygens (including phenoxy) is 1. The molecule has 0 aliphatic carbocycles. The Morgan fingerprint density at radius 3 is 2.72 bits per heavy atom. The molecule has 1 aliphatic heterocycles. The fourth-order valence-corrected chi connectivity index (χ4v) is 3.54. The van der Waals surface area contributed by atoms with E-state index in [0.717, 1.165) is 4.90 Å². The minimum Gasteiger partial charge on any atom is -0.456 e. The van der Waals surface area contributed by atoms with Gasteiger partial charge in [0, 0.05) is 24.5 Å². The number of benzene rings is 1. The lowest BCUT2D eigenvalue weighted by molar-refractivity contribution is -0.154. The molecular formula is C15H17ClN2O6S. The number of carbonyl (C=O) groups excluding carboxylic acids is 3. The van der Waals surface area contributed by atoms with Gasteiger partial charge in [-0.2, -0.15) is 0 Å². The molecule has 2 amide bonds. The van der Waals surface area contributed by atoms with Crippen LogP contribution in [0.3, 0.4) is 0 Å². The molecule has 10 heteroatoms. The van der Waals surface area contributed by atoms with Crippen LogP contribution in [0.5, 0.6) is 0 Å². The number of halogens is 1. The van der Waals surface area contributed by atoms with Gasteiger partial charge in [0.2, 0.25) is 15.9 Å². The van der Waals surface area contributed by atoms with E-state index in [1.54, 1.807) is 6.07 Å². The van der Waals surface area contributed by atoms with E-state index in [0.29, 0.717) is 19.4 Å². The molecule has 0 spiro atoms. The molecule has 1 heterocycles. The predicted octanol–water partition coefficient (Wildman–Crippen LogP) is 0.701. The van der Waals surface area contributed by atoms with Gasteiger partial charge in [0.05, 0.1) is 11.3 Å². The number of esters is 1. The normalized spacial score (nSPS) is 14.6. The van der Waals surface area contributed by atoms with E-state index in [9.17, 15) is 22.8 Å². The van der Waals surface area contributed by atoms with E-state index in [1.165, 1.54) is 18.2 Å². The highest BCUT2D eigenvalue weighted by Crippen LogP contribution is 2.15. The molecule has 1 aromatic rings. The van der Waals surface area contributed by atoms with Crippen LogP contribution in [0.2, 0.25) is 5.02 Å². The van der Waals surface area contributed by atoms with Crippen molar-refractivity contribution in [2.75, 3.05) is 19.7 Å². The highest BCUT2D eigenvalue weighted by molar-refractivity contribution is 7.89. The number of imide groups is 1. The number of amides is 2. The molecule has 1 aromatic carbocycles. The summed E-state index contributed by atoms with van der Waals surface area (Å²) >= 11 is 5.74. The number of nitrogens with one attached hydrogen (secondary N) is 1. The zero-order valence-electron chi connectivity index (χ0n) is 13.2. The van der Waals surface area contributed by atoms with Crippen molar-refractivity contribution in [1.29, 1.82) is 0 Å². The van der Waals surface area contributed by atoms with Crippen molar-refractivity contribution in [3.63, 3.8) is 0 Å². The summed E-state index contributed by atoms with van der Waals surface area (Å²) in [4.78, 5) is 35.7. The maximum atomic E-state index is 12.0. The molecule has 136 valence electrons. The van der Waals surface area contributed by atoms with Crippen LogP contribution in [0.4, 0.5) is 0 Å². The second-order valence-electron chi connectivity index (χ2n) is 5.31. The number of sulfonamides is 1. The molecule has 8 nitrogen and oxygen atoms in total. The van der Waals surface area contributed by atoms with E-state index in [-0.39, 0.29) is 28.8 Å². The van der Waals surface area contributed by atoms with E-state index in [4.69, 9.17) is 16.3 Å². The molecule has 0 saturated carbocycles. The summed E-state index contributed by atoms with van der Waals surface area (Å²) in [5.74, 6) is -1.60. The second kappa shape index (κ2) is 8.41. The summed E-state index contributed by atoms with van der Waals surface area (Å²) in [6.07, 6.45) is 0.662. The maximum absolute atomic E-state index is 12.0. The average molecular weight is 389 g/mol. The fraction of sp³-hybridized carbons (Fsp3) is 0.400. The summed E-state index contributed by atoms with van der Waals surface area (Å²) in [7, 11) is -3.79. The van der Waals surface area contributed by atoms with E-state index >= 15 is 0 Å². The third-order valence-corrected chi connectivity index (χ3v) is 5.15. The van der Waals surface area contributed by atoms with E-state index in [1.807, 2.05) is 0 Å². The Hall–Kier alpha value is -1.97. The number of hydrogen-bond donors (Lipinski definition) is 1. The summed E-state index contributed by atoms with van der Waals surface area (Å²) in [6, 6.07) is 5.70. The summed E-state index contributed by atoms with van der Waals surface area (Å²) in [5.41, 5.74) is 0. The lowest BCUT2D eigenvalue weighted by atomic mass is 10.4. The maximum Gasteiger partial charge on any atom is 0.307 e. The zero-order valence-corrected chi connectivity index (χ0v) is 14.8. The van der Waals surface area contributed by atoms with Crippen molar-refractivity contribution < 1.29 is 27.5 Å². The van der Waals surface area contributed by atoms with Crippen LogP contribution in [0.1, 0.15) is 19.3 Å². The first-order valence-corrected chi connectivity index (χ1v) is 9.40. The molecule has 1 fully saturated rings. The van der Waals surface area contributed by atoms with Crippen LogP contribution in [0.25, 0.3) is 0 Å². The molecule has 0 bridgehead atoms. The van der Waals surface area contributed by atoms with Crippen LogP contribution < -0.4 is 4.72 Å². The third kappa shape index (κ3) is 5.52. The SMILES string of the molecule is O=C(CCNS(=O)(=O)c1cccc(Cl)c1)OCC(=O)N1CCCC1=O. The Kier molecular flexibility index (Phi) is 6.51. The molecule has 1 aliphatic rings. The number of nitrogens with zero attached hydrogens (tertiary/aromatic N) is 1. The average Bonchev–Trinajstić information content (AvgIpc) is 2.98. The highest BCUT2D eigenvalue weighted by atomic mass is 35.5. The lowest BCUT2D eigenvalue weighted by Crippen LogP contribution is -2.35. The van der Waals surface area contributed by atoms with E-state index < -0.39 is 28.5 Å². The number of carbonyl (C=O) groups is 3. The Labute approximate surface area is 150 Å². The van der Waals surface area contributed by atoms with Crippen molar-refractivity contribution >= 4 is 39.4 Å². The Morgan fingerprint density at radius 1 is 1.32 bits per heavy atom. The van der Waals surface area contributed by atoms with E-state index in [2.05, 4.69) is 4.72 Å². The minimum atomic E-state index is -3.79. The molecule has 0 radical (unpaired) electrons. The summed E-state index contributed by atoms with van der Waals surface area (Å²) < 4.78 is 31.1. The zero-order chi connectivity index (χ0) is 18.4. The first kappa shape index (κ1) is 19.4. The second-order valence-corrected chi connectivity index (χ2v) is 7.51. The van der Waals surface area contributed by atoms with Crippen molar-refractivity contribution in [3.05, 3.63) is 29.3 Å². The standard InChI is InChI=1S/C15H17ClN2O6S/c16-11-3-1-4-12(9-11)25(22,23)17-7-6-15(21)24-10-14(20)18-8-2-5-13(18)19/h1,3-4,9,17H,2,5-8,10H2. The van der Waals surface area contributed by atoms with Gasteiger partial charge < -0.3 is 4.74 Å². The molecule has 1 N–H and O–H groups in total. The van der Waals surface area contributed by atoms with Crippen molar-refractivity contribution in [1.82, 2.24) is 9.62 Å². The topological polar surface area (TPSA) is 110 Å². The molecular weight excluding hydrogens is 372 g/mol. The van der Waals surface area contributed by atoms with Crippen LogP contribution in [0.15, 0.2) is 29.2 Å². The third-order valence-electron chi connectivity index (χ3n) is 3.46. The number of likely N-dealkylation sites (tertiary alicyclic amines) is 1. The quantitative estimate of drug-likeness (QED) is 0.688. The molecule has 0 atom stereocenters. The smallest absolute Gasteiger partial charge is 0.307 e. The largest absolute Gasteiger partial charge is 0.456 e. The van der Waals surface area contributed by atoms with Crippen LogP contribution >= 0.6 is 11.6 Å². The molecule has 2 rings (SSSR count). The van der Waals surface area contributed by atoms with Gasteiger partial charge in [-0.05, 0) is 24.6 Å². The lowest BCUT2D eigenvalue weighted by Gasteiger charge is -2.13. The fourth-order valence-electron chi connectivity index (χ4n) is 2.21. The van der Waals surface area contributed by atoms with Crippen molar-refractivity contribution in [2.24, 2.45) is 0 Å². The van der Waals surface area contributed by atoms with Gasteiger partial charge in [-0.3, -0.25) is 19.3 Å². The predicted molar refractivity (Wildman–Crippen MR) is 88.2 cm³/mol. The van der Waals surface area contributed by atoms with Crippen molar-refractivity contribution in [2.45, 2.75) is 24.2 Å². The van der Waals surface area contributed by atoms with Gasteiger partial charge in [0.1, 0.15) is 0 Å². The van der Waals surface area contributed by atoms with Gasteiger partial charge in [-0.25, -0.2) is 13.1 Å². The van der Waals surface area contributed by atoms with Crippen LogP contribution in [-0.4, -0.2) is 50.8 Å².